The van der Waals surface area contributed by atoms with E-state index in [1.54, 1.807) is 71.9 Å². The van der Waals surface area contributed by atoms with Gasteiger partial charge in [-0.15, -0.1) is 0 Å². The minimum atomic E-state index is -2.02. The summed E-state index contributed by atoms with van der Waals surface area (Å²) in [6, 6.07) is 7.52. The van der Waals surface area contributed by atoms with E-state index in [-0.39, 0.29) is 35.6 Å². The van der Waals surface area contributed by atoms with Crippen molar-refractivity contribution in [2.75, 3.05) is 71.9 Å². The molecule has 2 amide bonds. The van der Waals surface area contributed by atoms with Crippen molar-refractivity contribution >= 4 is 35.0 Å². The highest BCUT2D eigenvalue weighted by molar-refractivity contribution is 6.17. The molecule has 5 aliphatic heterocycles. The number of ketones is 1. The first-order valence-corrected chi connectivity index (χ1v) is 27.0. The highest BCUT2D eigenvalue weighted by atomic mass is 16.7. The number of benzene rings is 1. The van der Waals surface area contributed by atoms with E-state index >= 15 is 4.79 Å². The maximum absolute atomic E-state index is 15.0. The van der Waals surface area contributed by atoms with Crippen molar-refractivity contribution in [2.45, 2.75) is 130 Å². The molecule has 5 heterocycles. The number of piperidine rings is 1. The van der Waals surface area contributed by atoms with E-state index in [0.717, 1.165) is 70.8 Å². The number of nitrogens with one attached hydrogen (secondary N) is 3. The monoisotopic (exact) mass is 1060 g/mol. The summed E-state index contributed by atoms with van der Waals surface area (Å²) in [6.07, 6.45) is 4.34. The summed E-state index contributed by atoms with van der Waals surface area (Å²) in [5, 5.41) is 44.1. The Morgan fingerprint density at radius 2 is 1.61 bits per heavy atom. The number of esters is 1. The van der Waals surface area contributed by atoms with Crippen LogP contribution in [0.5, 0.6) is 0 Å². The maximum Gasteiger partial charge on any atom is 0.315 e. The molecule has 1 aromatic rings. The Morgan fingerprint density at radius 3 is 2.24 bits per heavy atom. The summed E-state index contributed by atoms with van der Waals surface area (Å²) in [5.41, 5.74) is 2.99. The molecule has 1 spiro atoms. The van der Waals surface area contributed by atoms with Gasteiger partial charge < -0.3 is 60.0 Å². The van der Waals surface area contributed by atoms with E-state index in [1.807, 2.05) is 12.1 Å². The number of allylic oxidation sites excluding steroid dienone is 3. The molecule has 0 radical (unpaired) electrons. The van der Waals surface area contributed by atoms with Crippen molar-refractivity contribution in [1.29, 1.82) is 0 Å². The molecule has 418 valence electrons. The van der Waals surface area contributed by atoms with Crippen molar-refractivity contribution in [3.63, 3.8) is 0 Å². The first-order valence-electron chi connectivity index (χ1n) is 27.0. The van der Waals surface area contributed by atoms with Crippen LogP contribution >= 0.6 is 0 Å². The molecule has 0 saturated carbocycles. The molecule has 3 fully saturated rings. The lowest BCUT2D eigenvalue weighted by Crippen LogP contribution is -2.56. The van der Waals surface area contributed by atoms with Crippen molar-refractivity contribution in [3.05, 3.63) is 101 Å². The van der Waals surface area contributed by atoms with Gasteiger partial charge in [-0.05, 0) is 62.6 Å². The van der Waals surface area contributed by atoms with Crippen LogP contribution < -0.4 is 16.0 Å². The summed E-state index contributed by atoms with van der Waals surface area (Å²) >= 11 is 0. The fourth-order valence-electron chi connectivity index (χ4n) is 10.8. The molecule has 0 unspecified atom stereocenters. The summed E-state index contributed by atoms with van der Waals surface area (Å²) in [5.74, 6) is -6.93. The van der Waals surface area contributed by atoms with Gasteiger partial charge in [-0.3, -0.25) is 24.1 Å². The van der Waals surface area contributed by atoms with Gasteiger partial charge in [0.2, 0.25) is 5.91 Å². The van der Waals surface area contributed by atoms with Crippen LogP contribution in [0.3, 0.4) is 0 Å². The lowest BCUT2D eigenvalue weighted by atomic mass is 9.78. The molecule has 18 heteroatoms. The van der Waals surface area contributed by atoms with Crippen LogP contribution in [-0.4, -0.2) is 162 Å². The number of piperazine rings is 1. The van der Waals surface area contributed by atoms with E-state index in [9.17, 15) is 29.7 Å². The number of rotatable bonds is 12. The minimum Gasteiger partial charge on any atom is -0.461 e. The lowest BCUT2D eigenvalue weighted by Gasteiger charge is -2.40. The molecule has 1 aromatic carbocycles. The average Bonchev–Trinajstić information content (AvgIpc) is 3.84. The van der Waals surface area contributed by atoms with Crippen molar-refractivity contribution in [1.82, 2.24) is 25.3 Å². The SMILES string of the molecule is C=C1NC2(CCN(CC(C)C)CC2)NC1=C(CCO)C1=C2O[C@](C)(O/C=C/[C@H](OC)[C@@H](C)[C@@H](OC(=O)CC(=O)Nc3ccc(CN4CCN(C)CC4)cc3)[C@H](C)[C@H](O)[C@H](C)[C@@H](O)[C@@H](C)/C=C/C=C(/C)C(=O)N=C2C)C1=O. The number of carbonyl (C=O) groups excluding carboxylic acids is 4. The van der Waals surface area contributed by atoms with Crippen LogP contribution in [0.15, 0.2) is 100 Å². The number of anilines is 1. The number of likely N-dealkylation sites (N-methyl/N-ethyl adjacent to an activating group) is 1. The number of hydrogen-bond acceptors (Lipinski definition) is 16. The molecule has 5 aliphatic rings. The number of nitrogens with zero attached hydrogens (tertiary/aromatic N) is 4. The second-order valence-electron chi connectivity index (χ2n) is 22.2. The van der Waals surface area contributed by atoms with E-state index in [0.29, 0.717) is 28.6 Å². The number of amides is 2. The predicted molar refractivity (Wildman–Crippen MR) is 292 cm³/mol. The number of Topliss-reactive ketones (excluding diaryl/α,β-unsaturated/α-hetero) is 1. The van der Waals surface area contributed by atoms with E-state index in [1.165, 1.54) is 26.4 Å². The Morgan fingerprint density at radius 1 is 0.934 bits per heavy atom. The van der Waals surface area contributed by atoms with Gasteiger partial charge in [0.05, 0.1) is 47.3 Å². The number of hydrogen-bond donors (Lipinski definition) is 6. The number of likely N-dealkylation sites (tertiary alicyclic amines) is 1. The van der Waals surface area contributed by atoms with Crippen LogP contribution in [0.25, 0.3) is 0 Å². The highest BCUT2D eigenvalue weighted by Gasteiger charge is 2.51. The van der Waals surface area contributed by atoms with Crippen LogP contribution in [0.1, 0.15) is 93.6 Å². The zero-order valence-corrected chi connectivity index (χ0v) is 46.7. The van der Waals surface area contributed by atoms with Gasteiger partial charge in [-0.25, -0.2) is 4.99 Å². The fourth-order valence-corrected chi connectivity index (χ4v) is 10.8. The summed E-state index contributed by atoms with van der Waals surface area (Å²) in [7, 11) is 3.56. The van der Waals surface area contributed by atoms with Gasteiger partial charge in [-0.1, -0.05) is 78.5 Å². The van der Waals surface area contributed by atoms with Crippen LogP contribution in [0.4, 0.5) is 5.69 Å². The Hall–Kier alpha value is -5.47. The van der Waals surface area contributed by atoms with Gasteiger partial charge in [0, 0.05) is 121 Å². The number of methoxy groups -OCH3 is 1. The molecule has 0 aliphatic carbocycles. The lowest BCUT2D eigenvalue weighted by molar-refractivity contribution is -0.171. The quantitative estimate of drug-likeness (QED) is 0.115. The first kappa shape index (κ1) is 59.8. The van der Waals surface area contributed by atoms with Crippen LogP contribution in [0.2, 0.25) is 0 Å². The molecule has 6 rings (SSSR count). The van der Waals surface area contributed by atoms with Gasteiger partial charge in [0.1, 0.15) is 18.2 Å². The van der Waals surface area contributed by atoms with Crippen LogP contribution in [0, 0.1) is 29.6 Å². The Bertz CT molecular complexity index is 2450. The Balaban J connectivity index is 1.29. The molecular weight excluding hydrogens is 971 g/mol. The van der Waals surface area contributed by atoms with Gasteiger partial charge in [0.15, 0.2) is 5.76 Å². The topological polar surface area (TPSA) is 224 Å². The number of aliphatic hydroxyl groups is 3. The number of aliphatic imine (C=N–C) groups is 1. The molecule has 6 N–H and O–H groups in total. The van der Waals surface area contributed by atoms with Crippen LogP contribution in [-0.2, 0) is 44.7 Å². The number of ether oxygens (including phenoxy) is 4. The molecule has 18 nitrogen and oxygen atoms in total. The number of fused-ring (bicyclic) bond motifs is 2. The van der Waals surface area contributed by atoms with Gasteiger partial charge in [-0.2, -0.15) is 0 Å². The third-order valence-corrected chi connectivity index (χ3v) is 15.6. The largest absolute Gasteiger partial charge is 0.461 e. The second kappa shape index (κ2) is 26.3. The van der Waals surface area contributed by atoms with Crippen molar-refractivity contribution in [2.24, 2.45) is 34.6 Å². The number of aliphatic hydroxyl groups excluding tert-OH is 3. The fraction of sp³-hybridized carbons (Fsp3) is 0.603. The van der Waals surface area contributed by atoms with E-state index < -0.39 is 89.5 Å². The van der Waals surface area contributed by atoms with Gasteiger partial charge in [0.25, 0.3) is 11.7 Å². The molecule has 2 bridgehead atoms. The predicted octanol–water partition coefficient (Wildman–Crippen LogP) is 5.35. The smallest absolute Gasteiger partial charge is 0.315 e. The van der Waals surface area contributed by atoms with E-state index in [4.69, 9.17) is 18.9 Å². The molecule has 0 aromatic heterocycles. The zero-order chi connectivity index (χ0) is 55.6. The van der Waals surface area contributed by atoms with Gasteiger partial charge >= 0.3 is 11.8 Å². The standard InChI is InChI=1S/C58H85N7O11/c1-35(2)33-64-24-22-58(23-25-64)61-41(8)50(62-58)45(20-30-66)49-54-42(9)59-56(72)37(4)15-13-14-36(3)51(69)39(6)52(70)40(7)53(38(5)46(73-12)21-31-74-57(10,76-54)55(49)71)75-48(68)32-47(67)60-44-18-16-43(17-19-44)34-65-28-26-63(11)27-29-65/h13-19,21,31,35-36,38-40,46,51-53,61-62,66,69-70H,8,20,22-30,32-34H2,1-7,9-12H3,(H,60,67)/b14-13+,31-21+,37-15-,50-45?,59-42?/t36-,38+,39+,40+,46-,51-,52+,53+,57-/m0/s1. The molecular formula is C58H85N7O11. The average molecular weight is 1060 g/mol. The molecule has 3 saturated heterocycles. The Kier molecular flexibility index (Phi) is 20.6. The zero-order valence-electron chi connectivity index (χ0n) is 46.7. The molecule has 76 heavy (non-hydrogen) atoms. The third kappa shape index (κ3) is 14.8. The highest BCUT2D eigenvalue weighted by Crippen LogP contribution is 2.42. The van der Waals surface area contributed by atoms with Crippen molar-refractivity contribution < 1.29 is 53.4 Å². The Labute approximate surface area is 450 Å². The summed E-state index contributed by atoms with van der Waals surface area (Å²) < 4.78 is 24.8. The summed E-state index contributed by atoms with van der Waals surface area (Å²) in [4.78, 5) is 67.4. The second-order valence-corrected chi connectivity index (χ2v) is 22.2. The number of carbonyl (C=O) groups is 4. The normalized spacial score (nSPS) is 31.8. The minimum absolute atomic E-state index is 0.0128. The third-order valence-electron chi connectivity index (χ3n) is 15.6. The first-order chi connectivity index (χ1) is 36.0. The molecule has 9 atom stereocenters. The van der Waals surface area contributed by atoms with E-state index in [2.05, 4.69) is 63.1 Å². The maximum atomic E-state index is 15.0. The van der Waals surface area contributed by atoms with Crippen molar-refractivity contribution in [3.8, 4) is 0 Å². The summed E-state index contributed by atoms with van der Waals surface area (Å²) in [6.45, 7) is 27.4.